The van der Waals surface area contributed by atoms with Crippen molar-refractivity contribution in [3.8, 4) is 0 Å². The standard InChI is InChI=1S/C20H16FN3OS/c1-13-5-9-15-3-2-4-17(19(15)22-13)23-20(26)24-18(25)12-8-14-6-10-16(21)11-7-14/h2-12H,1H3,(H2,23,24,25,26). The zero-order valence-corrected chi connectivity index (χ0v) is 14.8. The van der Waals surface area contributed by atoms with Crippen molar-refractivity contribution in [1.29, 1.82) is 0 Å². The summed E-state index contributed by atoms with van der Waals surface area (Å²) in [4.78, 5) is 16.5. The molecule has 130 valence electrons. The molecule has 0 aliphatic rings. The van der Waals surface area contributed by atoms with Crippen LogP contribution >= 0.6 is 12.2 Å². The Bertz CT molecular complexity index is 1000. The smallest absolute Gasteiger partial charge is 0.250 e. The SMILES string of the molecule is Cc1ccc2cccc(NC(=S)NC(=O)C=Cc3ccc(F)cc3)c2n1. The molecule has 3 rings (SSSR count). The molecule has 0 aliphatic heterocycles. The molecule has 0 atom stereocenters. The molecule has 26 heavy (non-hydrogen) atoms. The summed E-state index contributed by atoms with van der Waals surface area (Å²) in [5.74, 6) is -0.702. The van der Waals surface area contributed by atoms with Gasteiger partial charge in [-0.05, 0) is 55.0 Å². The molecule has 0 saturated carbocycles. The minimum absolute atomic E-state index is 0.176. The summed E-state index contributed by atoms with van der Waals surface area (Å²) in [6, 6.07) is 15.4. The molecule has 0 fully saturated rings. The number of fused-ring (bicyclic) bond motifs is 1. The van der Waals surface area contributed by atoms with Crippen LogP contribution in [0.2, 0.25) is 0 Å². The van der Waals surface area contributed by atoms with Crippen LogP contribution in [0, 0.1) is 12.7 Å². The molecule has 2 aromatic carbocycles. The number of aryl methyl sites for hydroxylation is 1. The largest absolute Gasteiger partial charge is 0.331 e. The maximum atomic E-state index is 12.9. The summed E-state index contributed by atoms with van der Waals surface area (Å²) in [5.41, 5.74) is 3.11. The first kappa shape index (κ1) is 17.7. The van der Waals surface area contributed by atoms with E-state index in [1.165, 1.54) is 18.2 Å². The Kier molecular flexibility index (Phi) is 5.34. The van der Waals surface area contributed by atoms with Gasteiger partial charge in [-0.1, -0.05) is 30.3 Å². The number of rotatable bonds is 3. The lowest BCUT2D eigenvalue weighted by atomic mass is 10.2. The Labute approximate surface area is 155 Å². The zero-order valence-electron chi connectivity index (χ0n) is 14.0. The van der Waals surface area contributed by atoms with E-state index in [1.807, 2.05) is 37.3 Å². The molecule has 4 nitrogen and oxygen atoms in total. The van der Waals surface area contributed by atoms with Crippen molar-refractivity contribution in [1.82, 2.24) is 10.3 Å². The first-order chi connectivity index (χ1) is 12.5. The van der Waals surface area contributed by atoms with Crippen molar-refractivity contribution in [2.24, 2.45) is 0 Å². The Morgan fingerprint density at radius 2 is 1.88 bits per heavy atom. The van der Waals surface area contributed by atoms with Gasteiger partial charge in [-0.15, -0.1) is 0 Å². The third-order valence-electron chi connectivity index (χ3n) is 3.64. The van der Waals surface area contributed by atoms with Gasteiger partial charge in [-0.3, -0.25) is 15.1 Å². The molecule has 6 heteroatoms. The summed E-state index contributed by atoms with van der Waals surface area (Å²) in [7, 11) is 0. The number of hydrogen-bond donors (Lipinski definition) is 2. The number of hydrogen-bond acceptors (Lipinski definition) is 3. The molecular weight excluding hydrogens is 349 g/mol. The van der Waals surface area contributed by atoms with E-state index in [9.17, 15) is 9.18 Å². The van der Waals surface area contributed by atoms with Crippen LogP contribution in [-0.2, 0) is 4.79 Å². The number of pyridine rings is 1. The third kappa shape index (κ3) is 4.49. The Balaban J connectivity index is 1.66. The highest BCUT2D eigenvalue weighted by atomic mass is 32.1. The number of amides is 1. The van der Waals surface area contributed by atoms with Crippen molar-refractivity contribution < 1.29 is 9.18 Å². The average Bonchev–Trinajstić information content (AvgIpc) is 2.61. The summed E-state index contributed by atoms with van der Waals surface area (Å²) >= 11 is 5.20. The Morgan fingerprint density at radius 1 is 1.12 bits per heavy atom. The van der Waals surface area contributed by atoms with E-state index >= 15 is 0 Å². The first-order valence-electron chi connectivity index (χ1n) is 7.93. The second-order valence-corrected chi connectivity index (χ2v) is 6.07. The van der Waals surface area contributed by atoms with E-state index in [0.717, 1.165) is 22.3 Å². The number of nitrogens with zero attached hydrogens (tertiary/aromatic N) is 1. The maximum absolute atomic E-state index is 12.9. The third-order valence-corrected chi connectivity index (χ3v) is 3.85. The molecule has 0 bridgehead atoms. The minimum Gasteiger partial charge on any atom is -0.331 e. The summed E-state index contributed by atoms with van der Waals surface area (Å²) in [6.07, 6.45) is 2.92. The van der Waals surface area contributed by atoms with Gasteiger partial charge in [0.25, 0.3) is 0 Å². The fourth-order valence-electron chi connectivity index (χ4n) is 2.40. The normalized spacial score (nSPS) is 10.8. The van der Waals surface area contributed by atoms with Crippen LogP contribution in [0.15, 0.2) is 60.7 Å². The molecule has 1 amide bonds. The van der Waals surface area contributed by atoms with Gasteiger partial charge in [0.15, 0.2) is 5.11 Å². The monoisotopic (exact) mass is 365 g/mol. The molecule has 1 heterocycles. The second-order valence-electron chi connectivity index (χ2n) is 5.66. The van der Waals surface area contributed by atoms with Gasteiger partial charge in [0.2, 0.25) is 5.91 Å². The molecule has 0 spiro atoms. The van der Waals surface area contributed by atoms with Crippen LogP contribution in [-0.4, -0.2) is 16.0 Å². The summed E-state index contributed by atoms with van der Waals surface area (Å²) in [5, 5.41) is 6.74. The second kappa shape index (κ2) is 7.84. The number of carbonyl (C=O) groups is 1. The van der Waals surface area contributed by atoms with Crippen molar-refractivity contribution in [3.05, 3.63) is 77.7 Å². The van der Waals surface area contributed by atoms with Crippen molar-refractivity contribution in [2.45, 2.75) is 6.92 Å². The lowest BCUT2D eigenvalue weighted by Crippen LogP contribution is -2.32. The number of halogens is 1. The van der Waals surface area contributed by atoms with Crippen molar-refractivity contribution in [2.75, 3.05) is 5.32 Å². The number of anilines is 1. The van der Waals surface area contributed by atoms with E-state index in [0.29, 0.717) is 5.56 Å². The molecule has 1 aromatic heterocycles. The highest BCUT2D eigenvalue weighted by Crippen LogP contribution is 2.21. The predicted octanol–water partition coefficient (Wildman–Crippen LogP) is 4.21. The number of carbonyl (C=O) groups excluding carboxylic acids is 1. The van der Waals surface area contributed by atoms with Gasteiger partial charge in [0, 0.05) is 17.2 Å². The van der Waals surface area contributed by atoms with Gasteiger partial charge < -0.3 is 5.32 Å². The molecule has 3 aromatic rings. The molecular formula is C20H16FN3OS. The van der Waals surface area contributed by atoms with Crippen molar-refractivity contribution >= 4 is 45.9 Å². The summed E-state index contributed by atoms with van der Waals surface area (Å²) < 4.78 is 12.9. The van der Waals surface area contributed by atoms with Crippen LogP contribution in [0.4, 0.5) is 10.1 Å². The van der Waals surface area contributed by atoms with Crippen LogP contribution in [0.1, 0.15) is 11.3 Å². The van der Waals surface area contributed by atoms with E-state index in [4.69, 9.17) is 12.2 Å². The fourth-order valence-corrected chi connectivity index (χ4v) is 2.61. The molecule has 0 saturated heterocycles. The highest BCUT2D eigenvalue weighted by molar-refractivity contribution is 7.80. The number of aromatic nitrogens is 1. The quantitative estimate of drug-likeness (QED) is 0.539. The lowest BCUT2D eigenvalue weighted by Gasteiger charge is -2.10. The van der Waals surface area contributed by atoms with Crippen LogP contribution in [0.3, 0.4) is 0 Å². The van der Waals surface area contributed by atoms with E-state index in [-0.39, 0.29) is 16.8 Å². The topological polar surface area (TPSA) is 54.0 Å². The molecule has 0 aliphatic carbocycles. The fraction of sp³-hybridized carbons (Fsp3) is 0.0500. The van der Waals surface area contributed by atoms with Gasteiger partial charge in [-0.2, -0.15) is 0 Å². The number of nitrogens with one attached hydrogen (secondary N) is 2. The molecule has 0 unspecified atom stereocenters. The molecule has 0 radical (unpaired) electrons. The maximum Gasteiger partial charge on any atom is 0.250 e. The lowest BCUT2D eigenvalue weighted by molar-refractivity contribution is -0.115. The number of thiocarbonyl (C=S) groups is 1. The van der Waals surface area contributed by atoms with E-state index < -0.39 is 0 Å². The summed E-state index contributed by atoms with van der Waals surface area (Å²) in [6.45, 7) is 1.91. The highest BCUT2D eigenvalue weighted by Gasteiger charge is 2.06. The average molecular weight is 365 g/mol. The Morgan fingerprint density at radius 3 is 2.65 bits per heavy atom. The van der Waals surface area contributed by atoms with Gasteiger partial charge >= 0.3 is 0 Å². The van der Waals surface area contributed by atoms with Crippen LogP contribution in [0.25, 0.3) is 17.0 Å². The van der Waals surface area contributed by atoms with Gasteiger partial charge in [0.05, 0.1) is 11.2 Å². The van der Waals surface area contributed by atoms with E-state index in [1.54, 1.807) is 18.2 Å². The van der Waals surface area contributed by atoms with Crippen LogP contribution in [0.5, 0.6) is 0 Å². The zero-order chi connectivity index (χ0) is 18.5. The van der Waals surface area contributed by atoms with E-state index in [2.05, 4.69) is 15.6 Å². The molecule has 2 N–H and O–H groups in total. The van der Waals surface area contributed by atoms with Crippen molar-refractivity contribution in [3.63, 3.8) is 0 Å². The van der Waals surface area contributed by atoms with Gasteiger partial charge in [0.1, 0.15) is 5.82 Å². The van der Waals surface area contributed by atoms with Gasteiger partial charge in [-0.25, -0.2) is 4.39 Å². The first-order valence-corrected chi connectivity index (χ1v) is 8.34. The number of para-hydroxylation sites is 1. The Hall–Kier alpha value is -3.12. The predicted molar refractivity (Wildman–Crippen MR) is 106 cm³/mol. The van der Waals surface area contributed by atoms with Crippen LogP contribution < -0.4 is 10.6 Å². The number of benzene rings is 2. The minimum atomic E-state index is -0.379.